The minimum Gasteiger partial charge on any atom is -0.0683 e. The Morgan fingerprint density at radius 2 is 0.364 bits per heavy atom. The molecule has 0 nitrogen and oxygen atoms in total. The first-order valence-corrected chi connectivity index (χ1v) is 27.1. The molecule has 0 saturated heterocycles. The number of rotatable bonds is 3. The van der Waals surface area contributed by atoms with Crippen LogP contribution in [0.25, 0.3) is 0 Å². The van der Waals surface area contributed by atoms with E-state index < -0.39 is 0 Å². The molecule has 4 atom stereocenters. The lowest BCUT2D eigenvalue weighted by Crippen LogP contribution is -2.24. The summed E-state index contributed by atoms with van der Waals surface area (Å²) in [6.07, 6.45) is 59.4. The van der Waals surface area contributed by atoms with Crippen LogP contribution in [0.4, 0.5) is 0 Å². The van der Waals surface area contributed by atoms with Crippen LogP contribution in [0.1, 0.15) is 299 Å². The minimum atomic E-state index is 1.01. The largest absolute Gasteiger partial charge is 0.0683 e. The first-order chi connectivity index (χ1) is 27.1. The lowest BCUT2D eigenvalue weighted by Gasteiger charge is -2.36. The van der Waals surface area contributed by atoms with Gasteiger partial charge in [0.25, 0.3) is 0 Å². The maximum Gasteiger partial charge on any atom is -0.0383 e. The Balaban J connectivity index is 0.000000252. The van der Waals surface area contributed by atoms with Crippen molar-refractivity contribution in [2.75, 3.05) is 0 Å². The summed E-state index contributed by atoms with van der Waals surface area (Å²) < 4.78 is 0. The normalized spacial score (nSPS) is 32.1. The van der Waals surface area contributed by atoms with Gasteiger partial charge in [-0.05, 0) is 66.1 Å². The van der Waals surface area contributed by atoms with Gasteiger partial charge in [-0.3, -0.25) is 0 Å². The predicted octanol–water partition coefficient (Wildman–Crippen LogP) is 19.9. The third kappa shape index (κ3) is 24.0. The van der Waals surface area contributed by atoms with Crippen LogP contribution in [0, 0.1) is 53.3 Å². The zero-order chi connectivity index (χ0) is 39.8. The quantitative estimate of drug-likeness (QED) is 0.268. The van der Waals surface area contributed by atoms with Gasteiger partial charge in [0.05, 0.1) is 0 Å². The minimum absolute atomic E-state index is 1.01. The average molecular weight is 769 g/mol. The van der Waals surface area contributed by atoms with Gasteiger partial charge in [-0.1, -0.05) is 286 Å². The van der Waals surface area contributed by atoms with Gasteiger partial charge in [0.15, 0.2) is 0 Å². The van der Waals surface area contributed by atoms with E-state index in [4.69, 9.17) is 0 Å². The smallest absolute Gasteiger partial charge is 0.0383 e. The standard InChI is InChI=1S/C17H32.2C13H24.C8H16.2C2H6/c1-15-9-7-13-17(14-8-10-15)16-11-5-3-2-4-6-12-16;2*1-11-6-3-2-4-7-13(10-11)12-8-5-9-12;1-2-4-6-8-7-5-3-1;2*1-2/h15-17H,2-14H2,1H3;2*11-13H,2-10H2,1H3;1-8H2;2*1-2H3. The highest BCUT2D eigenvalue weighted by Gasteiger charge is 2.30. The fraction of sp³-hybridized carbons (Fsp3) is 1.00. The van der Waals surface area contributed by atoms with Crippen LogP contribution in [-0.2, 0) is 0 Å². The predicted molar refractivity (Wildman–Crippen MR) is 251 cm³/mol. The van der Waals surface area contributed by atoms with Gasteiger partial charge in [0.1, 0.15) is 0 Å². The Labute approximate surface area is 350 Å². The topological polar surface area (TPSA) is 0 Å². The number of hydrogen-bond acceptors (Lipinski definition) is 0. The van der Waals surface area contributed by atoms with Crippen LogP contribution in [0.5, 0.6) is 0 Å². The van der Waals surface area contributed by atoms with Crippen molar-refractivity contribution in [2.24, 2.45) is 53.3 Å². The van der Waals surface area contributed by atoms with Crippen molar-refractivity contribution < 1.29 is 0 Å². The molecule has 7 rings (SSSR count). The first kappa shape index (κ1) is 51.1. The summed E-state index contributed by atoms with van der Waals surface area (Å²) in [5.74, 6) is 9.75. The van der Waals surface area contributed by atoms with Gasteiger partial charge >= 0.3 is 0 Å². The molecule has 7 aliphatic carbocycles. The van der Waals surface area contributed by atoms with Crippen LogP contribution < -0.4 is 0 Å². The molecule has 0 aliphatic heterocycles. The highest BCUT2D eigenvalue weighted by Crippen LogP contribution is 2.42. The molecule has 7 fully saturated rings. The zero-order valence-electron chi connectivity index (χ0n) is 39.8. The second kappa shape index (κ2) is 34.8. The van der Waals surface area contributed by atoms with Crippen molar-refractivity contribution in [1.82, 2.24) is 0 Å². The van der Waals surface area contributed by atoms with Crippen molar-refractivity contribution in [3.63, 3.8) is 0 Å². The summed E-state index contributed by atoms with van der Waals surface area (Å²) >= 11 is 0. The van der Waals surface area contributed by atoms with E-state index in [1.165, 1.54) is 173 Å². The lowest BCUT2D eigenvalue weighted by molar-refractivity contribution is 0.153. The average Bonchev–Trinajstić information content (AvgIpc) is 3.08. The summed E-state index contributed by atoms with van der Waals surface area (Å²) in [5.41, 5.74) is 0. The van der Waals surface area contributed by atoms with E-state index in [0.29, 0.717) is 0 Å². The molecule has 0 heterocycles. The van der Waals surface area contributed by atoms with Gasteiger partial charge < -0.3 is 0 Å². The highest BCUT2D eigenvalue weighted by atomic mass is 14.4. The fourth-order valence-corrected chi connectivity index (χ4v) is 11.9. The molecule has 0 aromatic carbocycles. The SMILES string of the molecule is C1CCCCCCC1.CC.CC.CC1CCCC(C2CCCCCCC2)CCC1.CC1CCCCCC(C2CCC2)C1.CC1CCCCCC(C2CCC2)C1. The van der Waals surface area contributed by atoms with Crippen LogP contribution >= 0.6 is 0 Å². The molecule has 0 aromatic heterocycles. The maximum absolute atomic E-state index is 2.47. The molecule has 0 N–H and O–H groups in total. The van der Waals surface area contributed by atoms with Gasteiger partial charge in [-0.15, -0.1) is 0 Å². The maximum atomic E-state index is 2.47. The Morgan fingerprint density at radius 3 is 0.673 bits per heavy atom. The molecule has 7 saturated carbocycles. The van der Waals surface area contributed by atoms with E-state index >= 15 is 0 Å². The molecule has 4 unspecified atom stereocenters. The molecular weight excluding hydrogens is 661 g/mol. The molecule has 0 bridgehead atoms. The molecule has 328 valence electrons. The van der Waals surface area contributed by atoms with E-state index in [1.54, 1.807) is 77.0 Å². The molecule has 0 amide bonds. The number of hydrogen-bond donors (Lipinski definition) is 0. The van der Waals surface area contributed by atoms with E-state index in [1.807, 2.05) is 27.7 Å². The summed E-state index contributed by atoms with van der Waals surface area (Å²) in [5, 5.41) is 0. The van der Waals surface area contributed by atoms with Crippen molar-refractivity contribution in [1.29, 1.82) is 0 Å². The van der Waals surface area contributed by atoms with Crippen molar-refractivity contribution in [3.8, 4) is 0 Å². The third-order valence-corrected chi connectivity index (χ3v) is 15.9. The van der Waals surface area contributed by atoms with Gasteiger partial charge in [0, 0.05) is 0 Å². The molecule has 0 spiro atoms. The Morgan fingerprint density at radius 1 is 0.182 bits per heavy atom. The summed E-state index contributed by atoms with van der Waals surface area (Å²) in [7, 11) is 0. The zero-order valence-corrected chi connectivity index (χ0v) is 39.8. The van der Waals surface area contributed by atoms with Crippen molar-refractivity contribution in [2.45, 2.75) is 299 Å². The molecule has 0 radical (unpaired) electrons. The second-order valence-electron chi connectivity index (χ2n) is 20.5. The summed E-state index contributed by atoms with van der Waals surface area (Å²) in [6, 6.07) is 0. The summed E-state index contributed by atoms with van der Waals surface area (Å²) in [6.45, 7) is 15.4. The van der Waals surface area contributed by atoms with E-state index in [0.717, 1.165) is 53.3 Å². The lowest BCUT2D eigenvalue weighted by atomic mass is 9.69. The Kier molecular flexibility index (Phi) is 32.4. The molecule has 55 heavy (non-hydrogen) atoms. The van der Waals surface area contributed by atoms with Crippen molar-refractivity contribution >= 4 is 0 Å². The fourth-order valence-electron chi connectivity index (χ4n) is 11.9. The molecule has 0 aromatic rings. The van der Waals surface area contributed by atoms with E-state index in [-0.39, 0.29) is 0 Å². The van der Waals surface area contributed by atoms with Crippen LogP contribution in [0.3, 0.4) is 0 Å². The molecular formula is C55H108. The van der Waals surface area contributed by atoms with Gasteiger partial charge in [-0.25, -0.2) is 0 Å². The Hall–Kier alpha value is 0. The second-order valence-corrected chi connectivity index (χ2v) is 20.5. The van der Waals surface area contributed by atoms with Gasteiger partial charge in [0.2, 0.25) is 0 Å². The Bertz CT molecular complexity index is 712. The van der Waals surface area contributed by atoms with Crippen molar-refractivity contribution in [3.05, 3.63) is 0 Å². The third-order valence-electron chi connectivity index (χ3n) is 15.9. The van der Waals surface area contributed by atoms with E-state index in [9.17, 15) is 0 Å². The van der Waals surface area contributed by atoms with Gasteiger partial charge in [-0.2, -0.15) is 0 Å². The summed E-state index contributed by atoms with van der Waals surface area (Å²) in [4.78, 5) is 0. The molecule has 7 aliphatic rings. The van der Waals surface area contributed by atoms with Crippen LogP contribution in [0.2, 0.25) is 0 Å². The molecule has 0 heteroatoms. The first-order valence-electron chi connectivity index (χ1n) is 27.1. The monoisotopic (exact) mass is 769 g/mol. The highest BCUT2D eigenvalue weighted by molar-refractivity contribution is 4.81. The van der Waals surface area contributed by atoms with E-state index in [2.05, 4.69) is 20.8 Å². The van der Waals surface area contributed by atoms with Crippen LogP contribution in [0.15, 0.2) is 0 Å². The van der Waals surface area contributed by atoms with Crippen LogP contribution in [-0.4, -0.2) is 0 Å².